The zero-order valence-corrected chi connectivity index (χ0v) is 18.6. The first-order valence-electron chi connectivity index (χ1n) is 10.9. The Morgan fingerprint density at radius 3 is 2.74 bits per heavy atom. The van der Waals surface area contributed by atoms with E-state index in [0.29, 0.717) is 52.9 Å². The van der Waals surface area contributed by atoms with Crippen LogP contribution in [-0.2, 0) is 10.9 Å². The number of nitrogens with two attached hydrogens (primary N) is 1. The predicted molar refractivity (Wildman–Crippen MR) is 122 cm³/mol. The van der Waals surface area contributed by atoms with Crippen molar-refractivity contribution < 1.29 is 27.1 Å². The molecule has 0 spiro atoms. The first kappa shape index (κ1) is 22.3. The van der Waals surface area contributed by atoms with Gasteiger partial charge in [-0.3, -0.25) is 0 Å². The van der Waals surface area contributed by atoms with Gasteiger partial charge in [-0.05, 0) is 55.8 Å². The van der Waals surface area contributed by atoms with Gasteiger partial charge in [-0.1, -0.05) is 0 Å². The molecule has 7 nitrogen and oxygen atoms in total. The number of nitrogens with zero attached hydrogens (tertiary/aromatic N) is 2. The molecule has 0 radical (unpaired) electrons. The number of alkyl halides is 3. The minimum Gasteiger partial charge on any atom is -0.488 e. The lowest BCUT2D eigenvalue weighted by Crippen LogP contribution is -2.15. The number of rotatable bonds is 5. The van der Waals surface area contributed by atoms with Crippen LogP contribution in [0.3, 0.4) is 0 Å². The normalized spacial score (nSPS) is 17.4. The van der Waals surface area contributed by atoms with Crippen molar-refractivity contribution in [3.8, 4) is 5.75 Å². The molecule has 0 amide bonds. The van der Waals surface area contributed by atoms with Crippen molar-refractivity contribution in [2.24, 2.45) is 0 Å². The Morgan fingerprint density at radius 2 is 2.00 bits per heavy atom. The Labute approximate surface area is 193 Å². The summed E-state index contributed by atoms with van der Waals surface area (Å²) in [5.41, 5.74) is 6.35. The highest BCUT2D eigenvalue weighted by molar-refractivity contribution is 6.09. The van der Waals surface area contributed by atoms with Gasteiger partial charge in [0.2, 0.25) is 5.71 Å². The maximum Gasteiger partial charge on any atom is 0.416 e. The van der Waals surface area contributed by atoms with Crippen LogP contribution < -0.4 is 15.8 Å². The lowest BCUT2D eigenvalue weighted by atomic mass is 10.0. The number of halogens is 3. The molecule has 1 aliphatic rings. The van der Waals surface area contributed by atoms with Crippen LogP contribution in [-0.4, -0.2) is 29.3 Å². The largest absolute Gasteiger partial charge is 0.488 e. The van der Waals surface area contributed by atoms with Crippen molar-refractivity contribution in [1.82, 2.24) is 9.97 Å². The number of aromatic nitrogens is 2. The molecule has 2 aromatic carbocycles. The van der Waals surface area contributed by atoms with Crippen LogP contribution in [0.4, 0.5) is 24.7 Å². The fourth-order valence-corrected chi connectivity index (χ4v) is 4.12. The highest BCUT2D eigenvalue weighted by atomic mass is 19.4. The third-order valence-corrected chi connectivity index (χ3v) is 5.76. The summed E-state index contributed by atoms with van der Waals surface area (Å²) in [5, 5.41) is 4.59. The maximum absolute atomic E-state index is 13.3. The second-order valence-electron chi connectivity index (χ2n) is 8.42. The summed E-state index contributed by atoms with van der Waals surface area (Å²) in [5.74, 6) is 1.58. The number of fused-ring (bicyclic) bond motifs is 3. The first-order chi connectivity index (χ1) is 16.2. The number of hydrogen-bond donors (Lipinski definition) is 2. The Kier molecular flexibility index (Phi) is 5.47. The Morgan fingerprint density at radius 1 is 1.18 bits per heavy atom. The van der Waals surface area contributed by atoms with E-state index in [9.17, 15) is 13.2 Å². The van der Waals surface area contributed by atoms with Crippen LogP contribution in [0.5, 0.6) is 5.75 Å². The second-order valence-corrected chi connectivity index (χ2v) is 8.42. The van der Waals surface area contributed by atoms with Crippen LogP contribution in [0, 0.1) is 6.92 Å². The molecule has 34 heavy (non-hydrogen) atoms. The van der Waals surface area contributed by atoms with E-state index in [-0.39, 0.29) is 11.8 Å². The Hall–Kier alpha value is -3.53. The average Bonchev–Trinajstić information content (AvgIpc) is 3.39. The molecule has 4 aromatic rings. The average molecular weight is 472 g/mol. The number of aryl methyl sites for hydroxylation is 1. The third kappa shape index (κ3) is 4.33. The summed E-state index contributed by atoms with van der Waals surface area (Å²) < 4.78 is 57.2. The smallest absolute Gasteiger partial charge is 0.416 e. The number of benzene rings is 2. The fourth-order valence-electron chi connectivity index (χ4n) is 4.12. The van der Waals surface area contributed by atoms with Gasteiger partial charge in [0.25, 0.3) is 0 Å². The van der Waals surface area contributed by atoms with Crippen molar-refractivity contribution in [1.29, 1.82) is 0 Å². The zero-order chi connectivity index (χ0) is 24.0. The van der Waals surface area contributed by atoms with Gasteiger partial charge in [0.1, 0.15) is 29.1 Å². The van der Waals surface area contributed by atoms with Crippen molar-refractivity contribution in [2.75, 3.05) is 24.3 Å². The summed E-state index contributed by atoms with van der Waals surface area (Å²) in [4.78, 5) is 8.92. The van der Waals surface area contributed by atoms with Crippen LogP contribution in [0.15, 0.2) is 40.8 Å². The van der Waals surface area contributed by atoms with E-state index in [4.69, 9.17) is 19.6 Å². The molecule has 0 bridgehead atoms. The van der Waals surface area contributed by atoms with Gasteiger partial charge >= 0.3 is 6.18 Å². The number of nitrogen functional groups attached to an aromatic ring is 1. The molecule has 0 aliphatic carbocycles. The van der Waals surface area contributed by atoms with Gasteiger partial charge in [0.05, 0.1) is 30.2 Å². The lowest BCUT2D eigenvalue weighted by molar-refractivity contribution is -0.137. The van der Waals surface area contributed by atoms with Crippen LogP contribution in [0.25, 0.3) is 22.1 Å². The number of furan rings is 1. The van der Waals surface area contributed by atoms with Gasteiger partial charge < -0.3 is 24.9 Å². The maximum atomic E-state index is 13.3. The molecule has 5 rings (SSSR count). The molecule has 0 unspecified atom stereocenters. The number of hydrogen-bond acceptors (Lipinski definition) is 7. The minimum atomic E-state index is -4.50. The molecule has 1 fully saturated rings. The quantitative estimate of drug-likeness (QED) is 0.364. The minimum absolute atomic E-state index is 0.0157. The molecule has 0 saturated carbocycles. The van der Waals surface area contributed by atoms with Gasteiger partial charge in [-0.25, -0.2) is 4.98 Å². The number of anilines is 2. The molecule has 2 atom stereocenters. The second kappa shape index (κ2) is 8.35. The van der Waals surface area contributed by atoms with Crippen molar-refractivity contribution >= 4 is 33.6 Å². The molecule has 178 valence electrons. The van der Waals surface area contributed by atoms with Gasteiger partial charge in [0.15, 0.2) is 0 Å². The third-order valence-electron chi connectivity index (χ3n) is 5.76. The monoisotopic (exact) mass is 472 g/mol. The molecular weight excluding hydrogens is 449 g/mol. The highest BCUT2D eigenvalue weighted by Gasteiger charge is 2.31. The zero-order valence-electron chi connectivity index (χ0n) is 18.6. The van der Waals surface area contributed by atoms with Crippen molar-refractivity contribution in [3.63, 3.8) is 0 Å². The molecular formula is C24H23F3N4O3. The molecule has 10 heteroatoms. The fraction of sp³-hybridized carbons (Fsp3) is 0.333. The topological polar surface area (TPSA) is 95.4 Å². The van der Waals surface area contributed by atoms with Crippen molar-refractivity contribution in [2.45, 2.75) is 38.6 Å². The van der Waals surface area contributed by atoms with E-state index >= 15 is 0 Å². The summed E-state index contributed by atoms with van der Waals surface area (Å²) >= 11 is 0. The lowest BCUT2D eigenvalue weighted by Gasteiger charge is -2.18. The predicted octanol–water partition coefficient (Wildman–Crippen LogP) is 5.63. The van der Waals surface area contributed by atoms with Crippen LogP contribution >= 0.6 is 0 Å². The van der Waals surface area contributed by atoms with E-state index in [2.05, 4.69) is 15.3 Å². The summed E-state index contributed by atoms with van der Waals surface area (Å²) in [7, 11) is 0. The standard InChI is InChI=1S/C24H23F3N4O3/c1-12(14-7-15(24(25,26)27)9-16(28)8-14)29-22-21-19-10-17(33-18-5-6-32-11-18)3-4-20(19)34-23(21)31-13(2)30-22/h3-4,7-10,12,18H,5-6,11,28H2,1-2H3,(H,29,30,31)/t12-,18+/m1/s1. The summed E-state index contributed by atoms with van der Waals surface area (Å²) in [6.45, 7) is 4.67. The van der Waals surface area contributed by atoms with Gasteiger partial charge in [-0.2, -0.15) is 18.2 Å². The van der Waals surface area contributed by atoms with Gasteiger partial charge in [0, 0.05) is 17.5 Å². The number of ether oxygens (including phenoxy) is 2. The van der Waals surface area contributed by atoms with Gasteiger partial charge in [-0.15, -0.1) is 0 Å². The first-order valence-corrected chi connectivity index (χ1v) is 10.9. The Bertz CT molecular complexity index is 1360. The molecule has 2 aromatic heterocycles. The number of nitrogens with one attached hydrogen (secondary N) is 1. The van der Waals surface area contributed by atoms with E-state index in [1.807, 2.05) is 12.1 Å². The SMILES string of the molecule is Cc1nc(N[C@H](C)c2cc(N)cc(C(F)(F)F)c2)c2c(n1)oc1ccc(O[C@H]3CCOC3)cc12. The highest BCUT2D eigenvalue weighted by Crippen LogP contribution is 2.37. The molecule has 1 aliphatic heterocycles. The van der Waals surface area contributed by atoms with E-state index < -0.39 is 17.8 Å². The summed E-state index contributed by atoms with van der Waals surface area (Å²) in [6, 6.07) is 8.48. The Balaban J connectivity index is 1.54. The van der Waals surface area contributed by atoms with E-state index in [1.165, 1.54) is 6.07 Å². The van der Waals surface area contributed by atoms with Crippen LogP contribution in [0.2, 0.25) is 0 Å². The molecule has 3 heterocycles. The summed E-state index contributed by atoms with van der Waals surface area (Å²) in [6.07, 6.45) is -3.70. The van der Waals surface area contributed by atoms with E-state index in [1.54, 1.807) is 19.9 Å². The molecule has 3 N–H and O–H groups in total. The molecule has 1 saturated heterocycles. The van der Waals surface area contributed by atoms with Crippen LogP contribution in [0.1, 0.15) is 36.3 Å². The van der Waals surface area contributed by atoms with E-state index in [0.717, 1.165) is 23.9 Å². The van der Waals surface area contributed by atoms with Crippen molar-refractivity contribution in [3.05, 3.63) is 53.3 Å².